The molecule has 0 spiro atoms. The normalized spacial score (nSPS) is 20.1. The van der Waals surface area contributed by atoms with E-state index < -0.39 is 11.7 Å². The van der Waals surface area contributed by atoms with Crippen molar-refractivity contribution < 1.29 is 17.9 Å². The molecule has 0 aromatic heterocycles. The van der Waals surface area contributed by atoms with Crippen molar-refractivity contribution in [2.45, 2.75) is 25.1 Å². The molecule has 2 nitrogen and oxygen atoms in total. The summed E-state index contributed by atoms with van der Waals surface area (Å²) in [7, 11) is 0. The summed E-state index contributed by atoms with van der Waals surface area (Å²) in [5.41, 5.74) is -0.559. The quantitative estimate of drug-likeness (QED) is 0.905. The molecule has 2 rings (SSSR count). The number of ether oxygens (including phenoxy) is 1. The van der Waals surface area contributed by atoms with E-state index >= 15 is 0 Å². The van der Waals surface area contributed by atoms with Crippen molar-refractivity contribution in [1.29, 1.82) is 0 Å². The van der Waals surface area contributed by atoms with Gasteiger partial charge in [-0.25, -0.2) is 0 Å². The standard InChI is InChI=1S/C12H13BrF3NO/c13-8-3-4-11(10(6-8)12(14,15)16)17-7-9-2-1-5-18-9/h3-4,6,9,17H,1-2,5,7H2. The Morgan fingerprint density at radius 2 is 2.17 bits per heavy atom. The van der Waals surface area contributed by atoms with E-state index in [1.54, 1.807) is 6.07 Å². The minimum absolute atomic E-state index is 0.00901. The average Bonchev–Trinajstić information content (AvgIpc) is 2.79. The Kier molecular flexibility index (Phi) is 4.17. The molecule has 1 aliphatic heterocycles. The smallest absolute Gasteiger partial charge is 0.382 e. The largest absolute Gasteiger partial charge is 0.418 e. The summed E-state index contributed by atoms with van der Waals surface area (Å²) in [6.45, 7) is 1.10. The molecule has 1 fully saturated rings. The lowest BCUT2D eigenvalue weighted by Gasteiger charge is -2.17. The molecule has 1 unspecified atom stereocenters. The lowest BCUT2D eigenvalue weighted by Crippen LogP contribution is -2.20. The second-order valence-electron chi connectivity index (χ2n) is 4.20. The van der Waals surface area contributed by atoms with Crippen LogP contribution in [0.5, 0.6) is 0 Å². The predicted molar refractivity (Wildman–Crippen MR) is 66.6 cm³/mol. The van der Waals surface area contributed by atoms with Crippen LogP contribution in [0.3, 0.4) is 0 Å². The van der Waals surface area contributed by atoms with Crippen LogP contribution in [0.25, 0.3) is 0 Å². The fraction of sp³-hybridized carbons (Fsp3) is 0.500. The molecule has 1 atom stereocenters. The minimum atomic E-state index is -4.36. The zero-order valence-corrected chi connectivity index (χ0v) is 11.1. The van der Waals surface area contributed by atoms with E-state index in [1.807, 2.05) is 0 Å². The molecule has 0 aliphatic carbocycles. The van der Waals surface area contributed by atoms with Crippen molar-refractivity contribution in [2.75, 3.05) is 18.5 Å². The van der Waals surface area contributed by atoms with Crippen molar-refractivity contribution in [3.05, 3.63) is 28.2 Å². The number of nitrogens with one attached hydrogen (secondary N) is 1. The van der Waals surface area contributed by atoms with Crippen LogP contribution in [0.15, 0.2) is 22.7 Å². The fourth-order valence-electron chi connectivity index (χ4n) is 1.93. The van der Waals surface area contributed by atoms with Gasteiger partial charge in [0, 0.05) is 23.3 Å². The second kappa shape index (κ2) is 5.48. The van der Waals surface area contributed by atoms with Gasteiger partial charge in [-0.15, -0.1) is 0 Å². The number of alkyl halides is 3. The third-order valence-electron chi connectivity index (χ3n) is 2.83. The van der Waals surface area contributed by atoms with Gasteiger partial charge in [0.1, 0.15) is 0 Å². The summed E-state index contributed by atoms with van der Waals surface area (Å²) in [5, 5.41) is 2.82. The van der Waals surface area contributed by atoms with E-state index in [2.05, 4.69) is 21.2 Å². The SMILES string of the molecule is FC(F)(F)c1cc(Br)ccc1NCC1CCCO1. The zero-order valence-electron chi connectivity index (χ0n) is 9.56. The van der Waals surface area contributed by atoms with E-state index in [9.17, 15) is 13.2 Å². The lowest BCUT2D eigenvalue weighted by atomic mass is 10.1. The van der Waals surface area contributed by atoms with Gasteiger partial charge in [0.25, 0.3) is 0 Å². The van der Waals surface area contributed by atoms with Crippen LogP contribution < -0.4 is 5.32 Å². The Morgan fingerprint density at radius 3 is 2.78 bits per heavy atom. The molecule has 18 heavy (non-hydrogen) atoms. The van der Waals surface area contributed by atoms with Gasteiger partial charge < -0.3 is 10.1 Å². The van der Waals surface area contributed by atoms with Gasteiger partial charge in [-0.3, -0.25) is 0 Å². The Balaban J connectivity index is 2.11. The molecule has 0 radical (unpaired) electrons. The van der Waals surface area contributed by atoms with E-state index in [-0.39, 0.29) is 11.8 Å². The van der Waals surface area contributed by atoms with E-state index in [1.165, 1.54) is 6.07 Å². The molecule has 100 valence electrons. The highest BCUT2D eigenvalue weighted by molar-refractivity contribution is 9.10. The summed E-state index contributed by atoms with van der Waals surface area (Å²) in [6, 6.07) is 4.10. The van der Waals surface area contributed by atoms with Crippen LogP contribution in [0.1, 0.15) is 18.4 Å². The van der Waals surface area contributed by atoms with Crippen molar-refractivity contribution in [2.24, 2.45) is 0 Å². The Hall–Kier alpha value is -0.750. The van der Waals surface area contributed by atoms with E-state index in [0.717, 1.165) is 18.9 Å². The molecule has 0 amide bonds. The highest BCUT2D eigenvalue weighted by Gasteiger charge is 2.33. The second-order valence-corrected chi connectivity index (χ2v) is 5.12. The van der Waals surface area contributed by atoms with E-state index in [0.29, 0.717) is 17.6 Å². The molecule has 0 bridgehead atoms. The van der Waals surface area contributed by atoms with Crippen LogP contribution >= 0.6 is 15.9 Å². The number of hydrogen-bond donors (Lipinski definition) is 1. The lowest BCUT2D eigenvalue weighted by molar-refractivity contribution is -0.137. The highest BCUT2D eigenvalue weighted by atomic mass is 79.9. The molecule has 1 N–H and O–H groups in total. The van der Waals surface area contributed by atoms with Crippen molar-refractivity contribution in [3.63, 3.8) is 0 Å². The first kappa shape index (κ1) is 13.7. The van der Waals surface area contributed by atoms with Gasteiger partial charge in [0.05, 0.1) is 11.7 Å². The van der Waals surface area contributed by atoms with Crippen molar-refractivity contribution >= 4 is 21.6 Å². The monoisotopic (exact) mass is 323 g/mol. The van der Waals surface area contributed by atoms with Gasteiger partial charge in [-0.05, 0) is 31.0 Å². The number of benzene rings is 1. The number of halogens is 4. The fourth-order valence-corrected chi connectivity index (χ4v) is 2.30. The minimum Gasteiger partial charge on any atom is -0.382 e. The van der Waals surface area contributed by atoms with Gasteiger partial charge >= 0.3 is 6.18 Å². The maximum Gasteiger partial charge on any atom is 0.418 e. The number of anilines is 1. The van der Waals surface area contributed by atoms with Gasteiger partial charge in [0.2, 0.25) is 0 Å². The Bertz CT molecular complexity index is 416. The predicted octanol–water partition coefficient (Wildman–Crippen LogP) is 4.06. The Labute approximate surface area is 112 Å². The topological polar surface area (TPSA) is 21.3 Å². The summed E-state index contributed by atoms with van der Waals surface area (Å²) in [6.07, 6.45) is -2.48. The first-order chi connectivity index (χ1) is 8.47. The summed E-state index contributed by atoms with van der Waals surface area (Å²) >= 11 is 3.05. The average molecular weight is 324 g/mol. The maximum atomic E-state index is 12.8. The number of hydrogen-bond acceptors (Lipinski definition) is 2. The molecule has 1 saturated heterocycles. The summed E-state index contributed by atoms with van der Waals surface area (Å²) < 4.78 is 44.3. The molecule has 1 heterocycles. The summed E-state index contributed by atoms with van der Waals surface area (Å²) in [4.78, 5) is 0. The Morgan fingerprint density at radius 1 is 1.39 bits per heavy atom. The summed E-state index contributed by atoms with van der Waals surface area (Å²) in [5.74, 6) is 0. The third kappa shape index (κ3) is 3.38. The third-order valence-corrected chi connectivity index (χ3v) is 3.32. The molecule has 1 aromatic carbocycles. The van der Waals surface area contributed by atoms with Gasteiger partial charge in [0.15, 0.2) is 0 Å². The number of rotatable bonds is 3. The molecular weight excluding hydrogens is 311 g/mol. The van der Waals surface area contributed by atoms with Crippen LogP contribution in [-0.4, -0.2) is 19.3 Å². The van der Waals surface area contributed by atoms with Crippen LogP contribution in [0, 0.1) is 0 Å². The van der Waals surface area contributed by atoms with Gasteiger partial charge in [-0.1, -0.05) is 15.9 Å². The van der Waals surface area contributed by atoms with Gasteiger partial charge in [-0.2, -0.15) is 13.2 Å². The maximum absolute atomic E-state index is 12.8. The van der Waals surface area contributed by atoms with Crippen molar-refractivity contribution in [3.8, 4) is 0 Å². The molecular formula is C12H13BrF3NO. The van der Waals surface area contributed by atoms with Crippen molar-refractivity contribution in [1.82, 2.24) is 0 Å². The van der Waals surface area contributed by atoms with Crippen LogP contribution in [0.2, 0.25) is 0 Å². The highest BCUT2D eigenvalue weighted by Crippen LogP contribution is 2.36. The molecule has 0 saturated carbocycles. The first-order valence-corrected chi connectivity index (χ1v) is 6.48. The molecule has 1 aliphatic rings. The first-order valence-electron chi connectivity index (χ1n) is 5.69. The zero-order chi connectivity index (χ0) is 13.2. The van der Waals surface area contributed by atoms with Crippen LogP contribution in [0.4, 0.5) is 18.9 Å². The molecule has 6 heteroatoms. The van der Waals surface area contributed by atoms with Crippen LogP contribution in [-0.2, 0) is 10.9 Å². The van der Waals surface area contributed by atoms with E-state index in [4.69, 9.17) is 4.74 Å². The molecule has 1 aromatic rings.